The highest BCUT2D eigenvalue weighted by molar-refractivity contribution is 5.39. The first kappa shape index (κ1) is 10.2. The second-order valence-corrected chi connectivity index (χ2v) is 3.58. The molecule has 0 unspecified atom stereocenters. The molecule has 0 spiro atoms. The van der Waals surface area contributed by atoms with Crippen LogP contribution in [0.15, 0.2) is 12.3 Å². The molecular weight excluding hydrogens is 160 g/mol. The number of nitrogens with two attached hydrogens (primary N) is 1. The molecule has 2 nitrogen and oxygen atoms in total. The van der Waals surface area contributed by atoms with E-state index in [-0.39, 0.29) is 0 Å². The van der Waals surface area contributed by atoms with Gasteiger partial charge in [-0.25, -0.2) is 0 Å². The highest BCUT2D eigenvalue weighted by Gasteiger charge is 1.98. The predicted molar refractivity (Wildman–Crippen MR) is 57.7 cm³/mol. The maximum absolute atomic E-state index is 5.73. The van der Waals surface area contributed by atoms with Crippen molar-refractivity contribution in [2.75, 3.05) is 5.73 Å². The van der Waals surface area contributed by atoms with Gasteiger partial charge < -0.3 is 10.7 Å². The molecule has 0 amide bonds. The Kier molecular flexibility index (Phi) is 4.44. The summed E-state index contributed by atoms with van der Waals surface area (Å²) >= 11 is 0. The lowest BCUT2D eigenvalue weighted by Crippen LogP contribution is -1.91. The third-order valence-electron chi connectivity index (χ3n) is 2.42. The summed E-state index contributed by atoms with van der Waals surface area (Å²) < 4.78 is 0. The van der Waals surface area contributed by atoms with E-state index in [0.717, 1.165) is 12.2 Å². The molecule has 1 rings (SSSR count). The number of hydrogen-bond donors (Lipinski definition) is 2. The number of unbranched alkanes of at least 4 members (excludes halogenated alkanes) is 4. The van der Waals surface area contributed by atoms with Crippen LogP contribution in [0.4, 0.5) is 5.82 Å². The molecule has 1 aromatic heterocycles. The standard InChI is InChI=1S/C11H20N2/c1-2-3-4-5-6-7-10-8-9-13-11(10)12/h8-9,13H,2-7,12H2,1H3. The van der Waals surface area contributed by atoms with Gasteiger partial charge in [-0.1, -0.05) is 32.6 Å². The molecule has 13 heavy (non-hydrogen) atoms. The van der Waals surface area contributed by atoms with Crippen molar-refractivity contribution in [3.05, 3.63) is 17.8 Å². The van der Waals surface area contributed by atoms with Gasteiger partial charge in [0, 0.05) is 6.20 Å². The fraction of sp³-hybridized carbons (Fsp3) is 0.636. The number of nitrogens with one attached hydrogen (secondary N) is 1. The number of nitrogen functional groups attached to an aromatic ring is 1. The number of aryl methyl sites for hydroxylation is 1. The van der Waals surface area contributed by atoms with Crippen LogP contribution in [0, 0.1) is 0 Å². The number of hydrogen-bond acceptors (Lipinski definition) is 1. The molecule has 0 atom stereocenters. The smallest absolute Gasteiger partial charge is 0.103 e. The first-order valence-electron chi connectivity index (χ1n) is 5.26. The number of aromatic nitrogens is 1. The van der Waals surface area contributed by atoms with Gasteiger partial charge >= 0.3 is 0 Å². The molecule has 1 aromatic rings. The minimum absolute atomic E-state index is 0.843. The normalized spacial score (nSPS) is 10.5. The third-order valence-corrected chi connectivity index (χ3v) is 2.42. The van der Waals surface area contributed by atoms with Crippen molar-refractivity contribution in [1.29, 1.82) is 0 Å². The third kappa shape index (κ3) is 3.53. The fourth-order valence-electron chi connectivity index (χ4n) is 1.55. The number of H-pyrrole nitrogens is 1. The molecule has 1 heterocycles. The second-order valence-electron chi connectivity index (χ2n) is 3.58. The molecule has 0 saturated carbocycles. The van der Waals surface area contributed by atoms with E-state index in [1.165, 1.54) is 37.7 Å². The van der Waals surface area contributed by atoms with Crippen molar-refractivity contribution in [2.45, 2.75) is 45.4 Å². The number of anilines is 1. The van der Waals surface area contributed by atoms with E-state index in [2.05, 4.69) is 18.0 Å². The van der Waals surface area contributed by atoms with Crippen LogP contribution in [-0.4, -0.2) is 4.98 Å². The average molecular weight is 180 g/mol. The highest BCUT2D eigenvalue weighted by Crippen LogP contribution is 2.13. The van der Waals surface area contributed by atoms with E-state index in [0.29, 0.717) is 0 Å². The lowest BCUT2D eigenvalue weighted by Gasteiger charge is -1.99. The van der Waals surface area contributed by atoms with Crippen LogP contribution >= 0.6 is 0 Å². The average Bonchev–Trinajstić information content (AvgIpc) is 2.52. The second kappa shape index (κ2) is 5.68. The predicted octanol–water partition coefficient (Wildman–Crippen LogP) is 3.11. The summed E-state index contributed by atoms with van der Waals surface area (Å²) in [5, 5.41) is 0. The maximum Gasteiger partial charge on any atom is 0.103 e. The zero-order valence-electron chi connectivity index (χ0n) is 8.47. The van der Waals surface area contributed by atoms with Crippen molar-refractivity contribution >= 4 is 5.82 Å². The molecule has 0 fully saturated rings. The van der Waals surface area contributed by atoms with Crippen LogP contribution in [0.2, 0.25) is 0 Å². The van der Waals surface area contributed by atoms with Crippen molar-refractivity contribution in [1.82, 2.24) is 4.98 Å². The van der Waals surface area contributed by atoms with Gasteiger partial charge in [-0.15, -0.1) is 0 Å². The molecule has 0 aromatic carbocycles. The van der Waals surface area contributed by atoms with Crippen molar-refractivity contribution in [2.24, 2.45) is 0 Å². The van der Waals surface area contributed by atoms with Gasteiger partial charge in [-0.2, -0.15) is 0 Å². The Morgan fingerprint density at radius 1 is 1.23 bits per heavy atom. The highest BCUT2D eigenvalue weighted by atomic mass is 14.8. The molecule has 74 valence electrons. The Labute approximate surface area is 80.5 Å². The summed E-state index contributed by atoms with van der Waals surface area (Å²) in [4.78, 5) is 3.00. The Balaban J connectivity index is 2.10. The van der Waals surface area contributed by atoms with Crippen LogP contribution < -0.4 is 5.73 Å². The summed E-state index contributed by atoms with van der Waals surface area (Å²) in [5.74, 6) is 0.843. The molecular formula is C11H20N2. The van der Waals surface area contributed by atoms with Crippen LogP contribution in [0.25, 0.3) is 0 Å². The summed E-state index contributed by atoms with van der Waals surface area (Å²) in [6, 6.07) is 2.08. The van der Waals surface area contributed by atoms with Crippen LogP contribution in [0.3, 0.4) is 0 Å². The van der Waals surface area contributed by atoms with Crippen molar-refractivity contribution in [3.63, 3.8) is 0 Å². The summed E-state index contributed by atoms with van der Waals surface area (Å²) in [6.45, 7) is 2.24. The zero-order valence-corrected chi connectivity index (χ0v) is 8.47. The van der Waals surface area contributed by atoms with Gasteiger partial charge in [0.15, 0.2) is 0 Å². The molecule has 3 N–H and O–H groups in total. The quantitative estimate of drug-likeness (QED) is 0.649. The Morgan fingerprint density at radius 2 is 2.00 bits per heavy atom. The maximum atomic E-state index is 5.73. The summed E-state index contributed by atoms with van der Waals surface area (Å²) in [7, 11) is 0. The SMILES string of the molecule is CCCCCCCc1cc[nH]c1N. The zero-order chi connectivity index (χ0) is 9.52. The largest absolute Gasteiger partial charge is 0.385 e. The van der Waals surface area contributed by atoms with Crippen molar-refractivity contribution in [3.8, 4) is 0 Å². The summed E-state index contributed by atoms with van der Waals surface area (Å²) in [5.41, 5.74) is 7.00. The van der Waals surface area contributed by atoms with E-state index in [9.17, 15) is 0 Å². The molecule has 0 aliphatic carbocycles. The minimum Gasteiger partial charge on any atom is -0.385 e. The van der Waals surface area contributed by atoms with Crippen LogP contribution in [-0.2, 0) is 6.42 Å². The Morgan fingerprint density at radius 3 is 2.62 bits per heavy atom. The lowest BCUT2D eigenvalue weighted by atomic mass is 10.1. The first-order chi connectivity index (χ1) is 6.34. The lowest BCUT2D eigenvalue weighted by molar-refractivity contribution is 0.633. The van der Waals surface area contributed by atoms with Crippen molar-refractivity contribution < 1.29 is 0 Å². The first-order valence-corrected chi connectivity index (χ1v) is 5.26. The molecule has 0 aliphatic rings. The minimum atomic E-state index is 0.843. The van der Waals surface area contributed by atoms with Gasteiger partial charge in [-0.3, -0.25) is 0 Å². The van der Waals surface area contributed by atoms with E-state index in [1.807, 2.05) is 6.20 Å². The molecule has 0 aliphatic heterocycles. The van der Waals surface area contributed by atoms with Gasteiger partial charge in [0.05, 0.1) is 0 Å². The van der Waals surface area contributed by atoms with Crippen LogP contribution in [0.5, 0.6) is 0 Å². The summed E-state index contributed by atoms with van der Waals surface area (Å²) in [6.07, 6.45) is 9.67. The Bertz CT molecular complexity index is 228. The fourth-order valence-corrected chi connectivity index (χ4v) is 1.55. The van der Waals surface area contributed by atoms with Gasteiger partial charge in [0.25, 0.3) is 0 Å². The molecule has 0 bridgehead atoms. The topological polar surface area (TPSA) is 41.8 Å². The monoisotopic (exact) mass is 180 g/mol. The molecule has 0 saturated heterocycles. The van der Waals surface area contributed by atoms with Crippen LogP contribution in [0.1, 0.15) is 44.6 Å². The Hall–Kier alpha value is -0.920. The molecule has 0 radical (unpaired) electrons. The van der Waals surface area contributed by atoms with Gasteiger partial charge in [0.2, 0.25) is 0 Å². The van der Waals surface area contributed by atoms with Gasteiger partial charge in [0.1, 0.15) is 5.82 Å². The molecule has 2 heteroatoms. The van der Waals surface area contributed by atoms with Gasteiger partial charge in [-0.05, 0) is 24.5 Å². The van der Waals surface area contributed by atoms with E-state index < -0.39 is 0 Å². The van der Waals surface area contributed by atoms with E-state index in [4.69, 9.17) is 5.73 Å². The van der Waals surface area contributed by atoms with E-state index in [1.54, 1.807) is 0 Å². The van der Waals surface area contributed by atoms with E-state index >= 15 is 0 Å². The number of rotatable bonds is 6. The number of aromatic amines is 1.